The van der Waals surface area contributed by atoms with Crippen LogP contribution in [-0.2, 0) is 10.1 Å². The zero-order chi connectivity index (χ0) is 19.6. The van der Waals surface area contributed by atoms with Crippen LogP contribution in [0.5, 0.6) is 5.75 Å². The van der Waals surface area contributed by atoms with Gasteiger partial charge in [0.05, 0.1) is 6.20 Å². The van der Waals surface area contributed by atoms with Crippen LogP contribution in [0.4, 0.5) is 4.39 Å². The smallest absolute Gasteiger partial charge is 0.340 e. The molecule has 1 heterocycles. The van der Waals surface area contributed by atoms with Gasteiger partial charge in [-0.3, -0.25) is 4.79 Å². The second-order valence-corrected chi connectivity index (χ2v) is 7.58. The summed E-state index contributed by atoms with van der Waals surface area (Å²) in [5, 5.41) is 0.206. The fraction of sp³-hybridized carbons (Fsp3) is 0.0526. The van der Waals surface area contributed by atoms with E-state index in [1.54, 1.807) is 6.92 Å². The largest absolute Gasteiger partial charge is 0.379 e. The number of rotatable bonds is 5. The van der Waals surface area contributed by atoms with Gasteiger partial charge in [0, 0.05) is 11.1 Å². The van der Waals surface area contributed by atoms with Crippen molar-refractivity contribution in [1.82, 2.24) is 4.98 Å². The minimum atomic E-state index is -4.09. The van der Waals surface area contributed by atoms with Gasteiger partial charge < -0.3 is 4.18 Å². The minimum absolute atomic E-state index is 0.0401. The molecule has 2 aromatic carbocycles. The summed E-state index contributed by atoms with van der Waals surface area (Å²) in [5.41, 5.74) is 1.14. The number of pyridine rings is 1. The van der Waals surface area contributed by atoms with Crippen molar-refractivity contribution in [3.8, 4) is 5.75 Å². The van der Waals surface area contributed by atoms with Crippen LogP contribution >= 0.6 is 11.6 Å². The molecule has 0 saturated carbocycles. The molecule has 0 aliphatic carbocycles. The number of aromatic nitrogens is 1. The molecule has 0 spiro atoms. The van der Waals surface area contributed by atoms with Crippen LogP contribution in [0.1, 0.15) is 21.5 Å². The highest BCUT2D eigenvalue weighted by molar-refractivity contribution is 7.87. The molecule has 0 unspecified atom stereocenters. The molecule has 0 radical (unpaired) electrons. The average molecular weight is 406 g/mol. The Balaban J connectivity index is 1.79. The van der Waals surface area contributed by atoms with Gasteiger partial charge in [-0.15, -0.1) is 0 Å². The van der Waals surface area contributed by atoms with E-state index >= 15 is 0 Å². The molecule has 0 amide bonds. The van der Waals surface area contributed by atoms with Crippen LogP contribution in [0.3, 0.4) is 0 Å². The number of hydrogen-bond acceptors (Lipinski definition) is 5. The molecule has 0 N–H and O–H groups in total. The third-order valence-corrected chi connectivity index (χ3v) is 5.31. The molecule has 5 nitrogen and oxygen atoms in total. The molecule has 0 atom stereocenters. The van der Waals surface area contributed by atoms with E-state index in [1.807, 2.05) is 0 Å². The summed E-state index contributed by atoms with van der Waals surface area (Å²) >= 11 is 5.80. The van der Waals surface area contributed by atoms with Crippen molar-refractivity contribution in [2.24, 2.45) is 0 Å². The van der Waals surface area contributed by atoms with Crippen molar-refractivity contribution >= 4 is 27.5 Å². The lowest BCUT2D eigenvalue weighted by molar-refractivity contribution is 0.103. The molecule has 0 bridgehead atoms. The minimum Gasteiger partial charge on any atom is -0.379 e. The highest BCUT2D eigenvalue weighted by Gasteiger charge is 2.19. The zero-order valence-electron chi connectivity index (χ0n) is 14.0. The average Bonchev–Trinajstić information content (AvgIpc) is 2.64. The summed E-state index contributed by atoms with van der Waals surface area (Å²) in [6, 6.07) is 12.1. The third-order valence-electron chi connectivity index (χ3n) is 3.71. The van der Waals surface area contributed by atoms with E-state index in [4.69, 9.17) is 15.8 Å². The highest BCUT2D eigenvalue weighted by Crippen LogP contribution is 2.22. The van der Waals surface area contributed by atoms with Gasteiger partial charge in [-0.25, -0.2) is 9.37 Å². The Morgan fingerprint density at radius 3 is 2.15 bits per heavy atom. The van der Waals surface area contributed by atoms with Crippen molar-refractivity contribution in [2.75, 3.05) is 0 Å². The van der Waals surface area contributed by atoms with Crippen LogP contribution in [0, 0.1) is 12.7 Å². The lowest BCUT2D eigenvalue weighted by atomic mass is 10.0. The van der Waals surface area contributed by atoms with Gasteiger partial charge in [0.2, 0.25) is 0 Å². The van der Waals surface area contributed by atoms with Crippen molar-refractivity contribution < 1.29 is 21.8 Å². The molecular weight excluding hydrogens is 393 g/mol. The molecule has 3 aromatic rings. The Morgan fingerprint density at radius 2 is 1.59 bits per heavy atom. The van der Waals surface area contributed by atoms with E-state index in [0.717, 1.165) is 6.20 Å². The maximum absolute atomic E-state index is 13.0. The maximum atomic E-state index is 13.0. The normalized spacial score (nSPS) is 11.2. The van der Waals surface area contributed by atoms with Crippen molar-refractivity contribution in [1.29, 1.82) is 0 Å². The van der Waals surface area contributed by atoms with Crippen LogP contribution in [0.25, 0.3) is 0 Å². The van der Waals surface area contributed by atoms with Crippen LogP contribution in [0.2, 0.25) is 5.15 Å². The maximum Gasteiger partial charge on any atom is 0.340 e. The monoisotopic (exact) mass is 405 g/mol. The fourth-order valence-electron chi connectivity index (χ4n) is 2.27. The number of ketones is 1. The second-order valence-electron chi connectivity index (χ2n) is 5.68. The summed E-state index contributed by atoms with van der Waals surface area (Å²) in [4.78, 5) is 16.0. The number of aryl methyl sites for hydroxylation is 1. The molecule has 3 rings (SSSR count). The molecular formula is C19H13ClFNO4S. The molecule has 0 fully saturated rings. The van der Waals surface area contributed by atoms with Gasteiger partial charge in [-0.2, -0.15) is 8.42 Å². The lowest BCUT2D eigenvalue weighted by Gasteiger charge is -2.08. The van der Waals surface area contributed by atoms with Crippen molar-refractivity contribution in [2.45, 2.75) is 11.8 Å². The molecule has 138 valence electrons. The van der Waals surface area contributed by atoms with Gasteiger partial charge in [0.25, 0.3) is 0 Å². The van der Waals surface area contributed by atoms with Crippen molar-refractivity contribution in [3.63, 3.8) is 0 Å². The van der Waals surface area contributed by atoms with Gasteiger partial charge in [0.1, 0.15) is 21.6 Å². The first kappa shape index (κ1) is 19.0. The topological polar surface area (TPSA) is 73.3 Å². The Labute approximate surface area is 160 Å². The molecule has 0 saturated heterocycles. The van der Waals surface area contributed by atoms with E-state index in [0.29, 0.717) is 16.7 Å². The van der Waals surface area contributed by atoms with Gasteiger partial charge in [-0.05, 0) is 67.1 Å². The number of benzene rings is 2. The Bertz CT molecular complexity index is 1100. The number of carbonyl (C=O) groups is 1. The quantitative estimate of drug-likeness (QED) is 0.361. The summed E-state index contributed by atoms with van der Waals surface area (Å²) < 4.78 is 42.7. The number of nitrogens with zero attached hydrogens (tertiary/aromatic N) is 1. The highest BCUT2D eigenvalue weighted by atomic mass is 35.5. The summed E-state index contributed by atoms with van der Waals surface area (Å²) in [6.07, 6.45) is 1.11. The number of halogens is 2. The Hall–Kier alpha value is -2.77. The van der Waals surface area contributed by atoms with Gasteiger partial charge >= 0.3 is 10.1 Å². The van der Waals surface area contributed by atoms with Crippen molar-refractivity contribution in [3.05, 3.63) is 88.5 Å². The first-order valence-electron chi connectivity index (χ1n) is 7.73. The molecule has 8 heteroatoms. The van der Waals surface area contributed by atoms with E-state index in [-0.39, 0.29) is 21.6 Å². The van der Waals surface area contributed by atoms with E-state index in [9.17, 15) is 17.6 Å². The molecule has 27 heavy (non-hydrogen) atoms. The summed E-state index contributed by atoms with van der Waals surface area (Å²) in [6.45, 7) is 1.63. The van der Waals surface area contributed by atoms with E-state index < -0.39 is 15.9 Å². The number of hydrogen-bond donors (Lipinski definition) is 0. The van der Waals surface area contributed by atoms with E-state index in [1.165, 1.54) is 54.6 Å². The third kappa shape index (κ3) is 4.32. The standard InChI is InChI=1S/C19H13ClFNO4S/c1-12-10-17(11-22-19(12)20)27(24,25)26-16-8-4-14(5-9-16)18(23)13-2-6-15(21)7-3-13/h2-11H,1H3. The Morgan fingerprint density at radius 1 is 1.04 bits per heavy atom. The van der Waals surface area contributed by atoms with Crippen LogP contribution in [0.15, 0.2) is 65.7 Å². The summed E-state index contributed by atoms with van der Waals surface area (Å²) in [5.74, 6) is -0.715. The second kappa shape index (κ2) is 7.46. The van der Waals surface area contributed by atoms with Crippen LogP contribution in [-0.4, -0.2) is 19.2 Å². The first-order valence-corrected chi connectivity index (χ1v) is 9.52. The molecule has 0 aliphatic rings. The van der Waals surface area contributed by atoms with Gasteiger partial charge in [0.15, 0.2) is 5.78 Å². The first-order chi connectivity index (χ1) is 12.8. The van der Waals surface area contributed by atoms with E-state index in [2.05, 4.69) is 4.98 Å². The lowest BCUT2D eigenvalue weighted by Crippen LogP contribution is -2.10. The predicted molar refractivity (Wildman–Crippen MR) is 98.1 cm³/mol. The van der Waals surface area contributed by atoms with Crippen LogP contribution < -0.4 is 4.18 Å². The fourth-order valence-corrected chi connectivity index (χ4v) is 3.34. The van der Waals surface area contributed by atoms with Gasteiger partial charge in [-0.1, -0.05) is 11.6 Å². The predicted octanol–water partition coefficient (Wildman–Crippen LogP) is 4.18. The zero-order valence-corrected chi connectivity index (χ0v) is 15.6. The SMILES string of the molecule is Cc1cc(S(=O)(=O)Oc2ccc(C(=O)c3ccc(F)cc3)cc2)cnc1Cl. The Kier molecular flexibility index (Phi) is 5.25. The molecule has 1 aromatic heterocycles. The molecule has 0 aliphatic heterocycles. The number of carbonyl (C=O) groups excluding carboxylic acids is 1. The summed E-state index contributed by atoms with van der Waals surface area (Å²) in [7, 11) is -4.09.